The maximum atomic E-state index is 11.6. The molecular formula is C16H26N4O2. The van der Waals surface area contributed by atoms with Crippen molar-refractivity contribution in [2.75, 3.05) is 26.2 Å². The SMILES string of the molecule is Cc1[nH]cnc1CN1CCN(C2CCCC2)C[C@H](C(=O)O)C1. The van der Waals surface area contributed by atoms with Gasteiger partial charge in [0, 0.05) is 44.5 Å². The van der Waals surface area contributed by atoms with E-state index in [4.69, 9.17) is 0 Å². The van der Waals surface area contributed by atoms with Gasteiger partial charge in [-0.1, -0.05) is 12.8 Å². The van der Waals surface area contributed by atoms with Crippen LogP contribution in [0.3, 0.4) is 0 Å². The van der Waals surface area contributed by atoms with Gasteiger partial charge in [0.2, 0.25) is 0 Å². The lowest BCUT2D eigenvalue weighted by molar-refractivity contribution is -0.142. The van der Waals surface area contributed by atoms with Crippen LogP contribution in [0.15, 0.2) is 6.33 Å². The Bertz CT molecular complexity index is 510. The predicted molar refractivity (Wildman–Crippen MR) is 83.6 cm³/mol. The van der Waals surface area contributed by atoms with Gasteiger partial charge in [-0.15, -0.1) is 0 Å². The summed E-state index contributed by atoms with van der Waals surface area (Å²) in [5.41, 5.74) is 2.10. The Kier molecular flexibility index (Phi) is 4.78. The molecule has 2 N–H and O–H groups in total. The lowest BCUT2D eigenvalue weighted by Crippen LogP contribution is -2.39. The van der Waals surface area contributed by atoms with Crippen molar-refractivity contribution in [2.24, 2.45) is 5.92 Å². The highest BCUT2D eigenvalue weighted by atomic mass is 16.4. The number of aryl methyl sites for hydroxylation is 1. The van der Waals surface area contributed by atoms with Crippen molar-refractivity contribution in [1.29, 1.82) is 0 Å². The van der Waals surface area contributed by atoms with E-state index in [0.29, 0.717) is 19.1 Å². The molecule has 1 saturated carbocycles. The molecule has 1 aromatic rings. The highest BCUT2D eigenvalue weighted by Crippen LogP contribution is 2.26. The molecule has 0 spiro atoms. The number of carboxylic acid groups (broad SMARTS) is 1. The Morgan fingerprint density at radius 2 is 2.14 bits per heavy atom. The van der Waals surface area contributed by atoms with E-state index in [9.17, 15) is 9.90 Å². The summed E-state index contributed by atoms with van der Waals surface area (Å²) in [6.45, 7) is 5.95. The minimum atomic E-state index is -0.673. The monoisotopic (exact) mass is 306 g/mol. The predicted octanol–water partition coefficient (Wildman–Crippen LogP) is 1.48. The van der Waals surface area contributed by atoms with Crippen LogP contribution in [0.5, 0.6) is 0 Å². The Hall–Kier alpha value is -1.40. The average molecular weight is 306 g/mol. The zero-order valence-electron chi connectivity index (χ0n) is 13.3. The maximum Gasteiger partial charge on any atom is 0.309 e. The lowest BCUT2D eigenvalue weighted by atomic mass is 10.1. The number of hydrogen-bond acceptors (Lipinski definition) is 4. The van der Waals surface area contributed by atoms with Crippen LogP contribution < -0.4 is 0 Å². The van der Waals surface area contributed by atoms with Crippen molar-refractivity contribution in [2.45, 2.75) is 45.2 Å². The van der Waals surface area contributed by atoms with Crippen molar-refractivity contribution >= 4 is 5.97 Å². The lowest BCUT2D eigenvalue weighted by Gasteiger charge is -2.28. The summed E-state index contributed by atoms with van der Waals surface area (Å²) in [5, 5.41) is 9.55. The molecule has 0 aromatic carbocycles. The van der Waals surface area contributed by atoms with Crippen LogP contribution in [0.4, 0.5) is 0 Å². The molecule has 3 rings (SSSR count). The van der Waals surface area contributed by atoms with E-state index in [1.807, 2.05) is 6.92 Å². The molecule has 2 aliphatic rings. The average Bonchev–Trinajstić information content (AvgIpc) is 3.09. The fourth-order valence-corrected chi connectivity index (χ4v) is 3.76. The summed E-state index contributed by atoms with van der Waals surface area (Å²) in [6.07, 6.45) is 6.74. The van der Waals surface area contributed by atoms with Crippen LogP contribution >= 0.6 is 0 Å². The van der Waals surface area contributed by atoms with Gasteiger partial charge in [-0.25, -0.2) is 4.98 Å². The minimum absolute atomic E-state index is 0.303. The molecule has 22 heavy (non-hydrogen) atoms. The van der Waals surface area contributed by atoms with E-state index in [1.54, 1.807) is 6.33 Å². The fraction of sp³-hybridized carbons (Fsp3) is 0.750. The summed E-state index contributed by atoms with van der Waals surface area (Å²) < 4.78 is 0. The second kappa shape index (κ2) is 6.79. The topological polar surface area (TPSA) is 72.5 Å². The van der Waals surface area contributed by atoms with Crippen LogP contribution in [0, 0.1) is 12.8 Å². The van der Waals surface area contributed by atoms with Gasteiger partial charge in [0.25, 0.3) is 0 Å². The number of nitrogens with one attached hydrogen (secondary N) is 1. The van der Waals surface area contributed by atoms with Crippen LogP contribution in [0.25, 0.3) is 0 Å². The van der Waals surface area contributed by atoms with Gasteiger partial charge in [-0.2, -0.15) is 0 Å². The molecule has 1 atom stereocenters. The smallest absolute Gasteiger partial charge is 0.309 e. The number of aromatic amines is 1. The number of imidazole rings is 1. The number of aromatic nitrogens is 2. The first-order valence-corrected chi connectivity index (χ1v) is 8.31. The number of nitrogens with zero attached hydrogens (tertiary/aromatic N) is 3. The largest absolute Gasteiger partial charge is 0.481 e. The van der Waals surface area contributed by atoms with Gasteiger partial charge in [-0.05, 0) is 19.8 Å². The first kappa shape index (κ1) is 15.5. The third-order valence-electron chi connectivity index (χ3n) is 5.13. The summed E-state index contributed by atoms with van der Waals surface area (Å²) in [5.74, 6) is -0.976. The second-order valence-corrected chi connectivity index (χ2v) is 6.68. The molecule has 1 aliphatic carbocycles. The quantitative estimate of drug-likeness (QED) is 0.881. The van der Waals surface area contributed by atoms with Gasteiger partial charge in [-0.3, -0.25) is 14.6 Å². The molecule has 2 fully saturated rings. The first-order valence-electron chi connectivity index (χ1n) is 8.31. The molecule has 0 radical (unpaired) electrons. The standard InChI is InChI=1S/C16H26N4O2/c1-12-15(18-11-17-12)10-19-6-7-20(14-4-2-3-5-14)9-13(8-19)16(21)22/h11,13-14H,2-10H2,1H3,(H,17,18)(H,21,22)/t13-/m1/s1. The van der Waals surface area contributed by atoms with Crippen LogP contribution in [0.2, 0.25) is 0 Å². The third-order valence-corrected chi connectivity index (χ3v) is 5.13. The number of carbonyl (C=O) groups is 1. The van der Waals surface area contributed by atoms with Gasteiger partial charge in [0.15, 0.2) is 0 Å². The Balaban J connectivity index is 1.68. The van der Waals surface area contributed by atoms with Crippen molar-refractivity contribution in [3.8, 4) is 0 Å². The third kappa shape index (κ3) is 3.50. The molecule has 1 aliphatic heterocycles. The normalized spacial score (nSPS) is 25.4. The highest BCUT2D eigenvalue weighted by Gasteiger charge is 2.32. The van der Waals surface area contributed by atoms with Crippen molar-refractivity contribution in [3.05, 3.63) is 17.7 Å². The van der Waals surface area contributed by atoms with Gasteiger partial charge < -0.3 is 10.1 Å². The Morgan fingerprint density at radius 3 is 2.77 bits per heavy atom. The number of carboxylic acids is 1. The van der Waals surface area contributed by atoms with Crippen molar-refractivity contribution in [1.82, 2.24) is 19.8 Å². The summed E-state index contributed by atoms with van der Waals surface area (Å²) in [4.78, 5) is 23.7. The Morgan fingerprint density at radius 1 is 1.36 bits per heavy atom. The molecular weight excluding hydrogens is 280 g/mol. The van der Waals surface area contributed by atoms with E-state index < -0.39 is 5.97 Å². The summed E-state index contributed by atoms with van der Waals surface area (Å²) in [6, 6.07) is 0.592. The minimum Gasteiger partial charge on any atom is -0.481 e. The zero-order valence-corrected chi connectivity index (χ0v) is 13.3. The van der Waals surface area contributed by atoms with E-state index in [-0.39, 0.29) is 5.92 Å². The first-order chi connectivity index (χ1) is 10.6. The molecule has 2 heterocycles. The number of H-pyrrole nitrogens is 1. The second-order valence-electron chi connectivity index (χ2n) is 6.68. The van der Waals surface area contributed by atoms with Crippen LogP contribution in [-0.4, -0.2) is 63.1 Å². The molecule has 122 valence electrons. The molecule has 6 nitrogen and oxygen atoms in total. The van der Waals surface area contributed by atoms with E-state index in [0.717, 1.165) is 31.0 Å². The molecule has 0 unspecified atom stereocenters. The van der Waals surface area contributed by atoms with Gasteiger partial charge in [0.1, 0.15) is 0 Å². The molecule has 0 amide bonds. The molecule has 1 saturated heterocycles. The summed E-state index contributed by atoms with van der Waals surface area (Å²) >= 11 is 0. The van der Waals surface area contributed by atoms with Crippen molar-refractivity contribution in [3.63, 3.8) is 0 Å². The Labute approximate surface area is 131 Å². The van der Waals surface area contributed by atoms with Crippen LogP contribution in [-0.2, 0) is 11.3 Å². The van der Waals surface area contributed by atoms with Gasteiger partial charge >= 0.3 is 5.97 Å². The highest BCUT2D eigenvalue weighted by molar-refractivity contribution is 5.70. The summed E-state index contributed by atoms with van der Waals surface area (Å²) in [7, 11) is 0. The zero-order chi connectivity index (χ0) is 15.5. The van der Waals surface area contributed by atoms with E-state index >= 15 is 0 Å². The number of aliphatic carboxylic acids is 1. The number of hydrogen-bond donors (Lipinski definition) is 2. The van der Waals surface area contributed by atoms with Gasteiger partial charge in [0.05, 0.1) is 17.9 Å². The fourth-order valence-electron chi connectivity index (χ4n) is 3.76. The van der Waals surface area contributed by atoms with Crippen molar-refractivity contribution < 1.29 is 9.90 Å². The maximum absolute atomic E-state index is 11.6. The molecule has 1 aromatic heterocycles. The number of rotatable bonds is 4. The van der Waals surface area contributed by atoms with E-state index in [1.165, 1.54) is 25.7 Å². The molecule has 0 bridgehead atoms. The molecule has 6 heteroatoms. The van der Waals surface area contributed by atoms with Crippen LogP contribution in [0.1, 0.15) is 37.1 Å². The van der Waals surface area contributed by atoms with E-state index in [2.05, 4.69) is 19.8 Å².